The predicted molar refractivity (Wildman–Crippen MR) is 84.5 cm³/mol. The molecule has 0 atom stereocenters. The van der Waals surface area contributed by atoms with E-state index in [9.17, 15) is 4.79 Å². The van der Waals surface area contributed by atoms with Gasteiger partial charge in [0.2, 0.25) is 0 Å². The van der Waals surface area contributed by atoms with Crippen molar-refractivity contribution in [3.8, 4) is 5.75 Å². The summed E-state index contributed by atoms with van der Waals surface area (Å²) in [5.74, 6) is 0.720. The molecule has 0 saturated carbocycles. The van der Waals surface area contributed by atoms with Crippen LogP contribution in [0.15, 0.2) is 39.7 Å². The minimum atomic E-state index is -0.0426. The first-order valence-corrected chi connectivity index (χ1v) is 7.77. The zero-order valence-corrected chi connectivity index (χ0v) is 12.6. The molecule has 22 heavy (non-hydrogen) atoms. The van der Waals surface area contributed by atoms with Crippen LogP contribution in [0.4, 0.5) is 0 Å². The molecule has 0 amide bonds. The summed E-state index contributed by atoms with van der Waals surface area (Å²) in [6.07, 6.45) is 3.52. The highest BCUT2D eigenvalue weighted by Gasteiger charge is 2.09. The van der Waals surface area contributed by atoms with E-state index in [0.29, 0.717) is 17.6 Å². The molecule has 5 nitrogen and oxygen atoms in total. The molecule has 1 aromatic carbocycles. The first kappa shape index (κ1) is 15.1. The second-order valence-corrected chi connectivity index (χ2v) is 5.45. The largest absolute Gasteiger partial charge is 0.494 e. The average molecular weight is 303 g/mol. The minimum Gasteiger partial charge on any atom is -0.494 e. The molecule has 2 heterocycles. The minimum absolute atomic E-state index is 0.0426. The molecule has 0 unspecified atom stereocenters. The van der Waals surface area contributed by atoms with Crippen LogP contribution < -0.4 is 10.2 Å². The van der Waals surface area contributed by atoms with Crippen LogP contribution in [-0.2, 0) is 4.74 Å². The van der Waals surface area contributed by atoms with Crippen molar-refractivity contribution in [1.82, 2.24) is 4.90 Å². The number of fused-ring (bicyclic) bond motifs is 1. The molecule has 5 heteroatoms. The Balaban J connectivity index is 1.45. The smallest absolute Gasteiger partial charge is 0.192 e. The molecule has 0 N–H and O–H groups in total. The van der Waals surface area contributed by atoms with Crippen LogP contribution >= 0.6 is 0 Å². The van der Waals surface area contributed by atoms with Gasteiger partial charge in [0.1, 0.15) is 11.3 Å². The van der Waals surface area contributed by atoms with E-state index in [1.165, 1.54) is 12.3 Å². The van der Waals surface area contributed by atoms with Crippen LogP contribution in [0.5, 0.6) is 5.75 Å². The number of unbranched alkanes of at least 4 members (excludes halogenated alkanes) is 1. The molecule has 1 aromatic heterocycles. The molecule has 1 aliphatic rings. The van der Waals surface area contributed by atoms with E-state index in [4.69, 9.17) is 13.9 Å². The highest BCUT2D eigenvalue weighted by molar-refractivity contribution is 5.77. The third-order valence-corrected chi connectivity index (χ3v) is 3.87. The summed E-state index contributed by atoms with van der Waals surface area (Å²) >= 11 is 0. The molecular formula is C17H21NO4. The van der Waals surface area contributed by atoms with Gasteiger partial charge in [-0.15, -0.1) is 0 Å². The third-order valence-electron chi connectivity index (χ3n) is 3.87. The van der Waals surface area contributed by atoms with Crippen molar-refractivity contribution in [2.24, 2.45) is 0 Å². The van der Waals surface area contributed by atoms with Crippen molar-refractivity contribution >= 4 is 11.0 Å². The Morgan fingerprint density at radius 1 is 1.14 bits per heavy atom. The predicted octanol–water partition coefficient (Wildman–Crippen LogP) is 2.28. The quantitative estimate of drug-likeness (QED) is 0.766. The van der Waals surface area contributed by atoms with Crippen molar-refractivity contribution in [2.75, 3.05) is 39.5 Å². The van der Waals surface area contributed by atoms with Gasteiger partial charge in [-0.25, -0.2) is 0 Å². The lowest BCUT2D eigenvalue weighted by Crippen LogP contribution is -2.36. The average Bonchev–Trinajstić information content (AvgIpc) is 2.56. The Bertz CT molecular complexity index is 661. The van der Waals surface area contributed by atoms with E-state index in [-0.39, 0.29) is 5.43 Å². The second kappa shape index (κ2) is 7.42. The van der Waals surface area contributed by atoms with Gasteiger partial charge in [0, 0.05) is 19.2 Å². The number of rotatable bonds is 6. The van der Waals surface area contributed by atoms with Gasteiger partial charge in [-0.05, 0) is 37.6 Å². The fourth-order valence-corrected chi connectivity index (χ4v) is 2.61. The van der Waals surface area contributed by atoms with E-state index < -0.39 is 0 Å². The zero-order valence-electron chi connectivity index (χ0n) is 12.6. The summed E-state index contributed by atoms with van der Waals surface area (Å²) in [5.41, 5.74) is 0.547. The van der Waals surface area contributed by atoms with Gasteiger partial charge < -0.3 is 13.9 Å². The molecule has 0 bridgehead atoms. The van der Waals surface area contributed by atoms with E-state index >= 15 is 0 Å². The lowest BCUT2D eigenvalue weighted by Gasteiger charge is -2.26. The Labute approximate surface area is 129 Å². The van der Waals surface area contributed by atoms with Gasteiger partial charge >= 0.3 is 0 Å². The molecule has 3 rings (SSSR count). The number of hydrogen-bond donors (Lipinski definition) is 0. The fraction of sp³-hybridized carbons (Fsp3) is 0.471. The van der Waals surface area contributed by atoms with Crippen molar-refractivity contribution in [1.29, 1.82) is 0 Å². The van der Waals surface area contributed by atoms with Crippen molar-refractivity contribution in [2.45, 2.75) is 12.8 Å². The lowest BCUT2D eigenvalue weighted by molar-refractivity contribution is 0.0368. The first-order valence-electron chi connectivity index (χ1n) is 7.77. The second-order valence-electron chi connectivity index (χ2n) is 5.45. The monoisotopic (exact) mass is 303 g/mol. The third kappa shape index (κ3) is 3.87. The summed E-state index contributed by atoms with van der Waals surface area (Å²) in [5, 5.41) is 0.563. The van der Waals surface area contributed by atoms with Crippen LogP contribution in [0.1, 0.15) is 12.8 Å². The molecule has 1 aliphatic heterocycles. The summed E-state index contributed by atoms with van der Waals surface area (Å²) in [6, 6.07) is 6.80. The van der Waals surface area contributed by atoms with Gasteiger partial charge in [0.15, 0.2) is 5.43 Å². The topological polar surface area (TPSA) is 51.9 Å². The highest BCUT2D eigenvalue weighted by atomic mass is 16.5. The maximum absolute atomic E-state index is 11.8. The van der Waals surface area contributed by atoms with Crippen LogP contribution in [-0.4, -0.2) is 44.4 Å². The van der Waals surface area contributed by atoms with Gasteiger partial charge in [0.05, 0.1) is 31.5 Å². The van der Waals surface area contributed by atoms with E-state index in [0.717, 1.165) is 51.4 Å². The maximum atomic E-state index is 11.8. The molecule has 0 radical (unpaired) electrons. The van der Waals surface area contributed by atoms with E-state index in [2.05, 4.69) is 4.90 Å². The molecule has 1 fully saturated rings. The first-order chi connectivity index (χ1) is 10.8. The van der Waals surface area contributed by atoms with Crippen molar-refractivity contribution in [3.05, 3.63) is 40.8 Å². The van der Waals surface area contributed by atoms with Gasteiger partial charge in [-0.1, -0.05) is 0 Å². The summed E-state index contributed by atoms with van der Waals surface area (Å²) < 4.78 is 16.4. The number of ether oxygens (including phenoxy) is 2. The molecule has 118 valence electrons. The number of nitrogens with zero attached hydrogens (tertiary/aromatic N) is 1. The molecular weight excluding hydrogens is 282 g/mol. The Hall–Kier alpha value is -1.85. The zero-order chi connectivity index (χ0) is 15.2. The highest BCUT2D eigenvalue weighted by Crippen LogP contribution is 2.18. The van der Waals surface area contributed by atoms with Crippen LogP contribution in [0.3, 0.4) is 0 Å². The molecule has 0 aliphatic carbocycles. The van der Waals surface area contributed by atoms with Crippen molar-refractivity contribution in [3.63, 3.8) is 0 Å². The summed E-state index contributed by atoms with van der Waals surface area (Å²) in [6.45, 7) is 5.50. The molecule has 1 saturated heterocycles. The van der Waals surface area contributed by atoms with E-state index in [1.807, 2.05) is 6.07 Å². The van der Waals surface area contributed by atoms with Crippen molar-refractivity contribution < 1.29 is 13.9 Å². The standard InChI is InChI=1S/C17H21NO4/c19-16-5-10-22-17-4-3-14(13-15(16)17)21-9-2-1-6-18-7-11-20-12-8-18/h3-5,10,13H,1-2,6-9,11-12H2. The Kier molecular flexibility index (Phi) is 5.08. The number of benzene rings is 1. The van der Waals surface area contributed by atoms with Crippen LogP contribution in [0, 0.1) is 0 Å². The lowest BCUT2D eigenvalue weighted by atomic mass is 10.2. The Morgan fingerprint density at radius 2 is 2.00 bits per heavy atom. The number of hydrogen-bond acceptors (Lipinski definition) is 5. The fourth-order valence-electron chi connectivity index (χ4n) is 2.61. The molecule has 0 spiro atoms. The summed E-state index contributed by atoms with van der Waals surface area (Å²) in [4.78, 5) is 14.2. The SMILES string of the molecule is O=c1ccoc2ccc(OCCCCN3CCOCC3)cc12. The normalized spacial score (nSPS) is 16.0. The van der Waals surface area contributed by atoms with Gasteiger partial charge in [-0.3, -0.25) is 9.69 Å². The molecule has 2 aromatic rings. The van der Waals surface area contributed by atoms with E-state index in [1.54, 1.807) is 12.1 Å². The summed E-state index contributed by atoms with van der Waals surface area (Å²) in [7, 11) is 0. The van der Waals surface area contributed by atoms with Gasteiger partial charge in [0.25, 0.3) is 0 Å². The maximum Gasteiger partial charge on any atom is 0.192 e. The van der Waals surface area contributed by atoms with Crippen LogP contribution in [0.2, 0.25) is 0 Å². The van der Waals surface area contributed by atoms with Gasteiger partial charge in [-0.2, -0.15) is 0 Å². The number of morpholine rings is 1. The van der Waals surface area contributed by atoms with Crippen LogP contribution in [0.25, 0.3) is 11.0 Å². The Morgan fingerprint density at radius 3 is 2.86 bits per heavy atom.